The van der Waals surface area contributed by atoms with Gasteiger partial charge in [-0.25, -0.2) is 0 Å². The Morgan fingerprint density at radius 3 is 1.11 bits per heavy atom. The van der Waals surface area contributed by atoms with Gasteiger partial charge in [-0.2, -0.15) is 5.26 Å². The fraction of sp³-hybridized carbons (Fsp3) is 0.523. The summed E-state index contributed by atoms with van der Waals surface area (Å²) in [6.45, 7) is 39.6. The zero-order chi connectivity index (χ0) is 72.7. The van der Waals surface area contributed by atoms with Crippen molar-refractivity contribution in [1.82, 2.24) is 0 Å². The van der Waals surface area contributed by atoms with E-state index in [1.54, 1.807) is 19.4 Å². The summed E-state index contributed by atoms with van der Waals surface area (Å²) in [5.41, 5.74) is 24.6. The molecule has 2 atom stereocenters. The van der Waals surface area contributed by atoms with Crippen LogP contribution in [0.15, 0.2) is 170 Å². The molecule has 4 aromatic carbocycles. The average molecular weight is 1430 g/mol. The van der Waals surface area contributed by atoms with Crippen molar-refractivity contribution in [3.05, 3.63) is 209 Å². The van der Waals surface area contributed by atoms with E-state index in [1.807, 2.05) is 74.5 Å². The van der Waals surface area contributed by atoms with Crippen molar-refractivity contribution in [2.24, 2.45) is 38.2 Å². The van der Waals surface area contributed by atoms with Crippen molar-refractivity contribution < 1.29 is 50.5 Å². The third kappa shape index (κ3) is 29.9. The number of aldehydes is 1. The molecule has 4 aromatic rings. The second-order valence-corrected chi connectivity index (χ2v) is 32.1. The van der Waals surface area contributed by atoms with Crippen LogP contribution in [0, 0.1) is 43.8 Å². The molecule has 0 bridgehead atoms. The topological polar surface area (TPSA) is 126 Å². The molecule has 0 amide bonds. The fourth-order valence-electron chi connectivity index (χ4n) is 13.8. The van der Waals surface area contributed by atoms with Crippen molar-refractivity contribution in [3.63, 3.8) is 0 Å². The predicted molar refractivity (Wildman–Crippen MR) is 427 cm³/mol. The number of carbonyl (C=O) groups excluding carboxylic acids is 1. The number of benzene rings is 4. The molecule has 0 aromatic heterocycles. The van der Waals surface area contributed by atoms with Gasteiger partial charge in [-0.1, -0.05) is 223 Å². The minimum absolute atomic E-state index is 0. The number of rotatable bonds is 14. The fourth-order valence-corrected chi connectivity index (χ4v) is 14.2. The Bertz CT molecular complexity index is 3440. The maximum atomic E-state index is 10.8. The summed E-state index contributed by atoms with van der Waals surface area (Å²) in [5, 5.41) is 30.3. The van der Waals surface area contributed by atoms with Crippen LogP contribution in [0.1, 0.15) is 272 Å². The molecule has 0 saturated carbocycles. The van der Waals surface area contributed by atoms with E-state index in [0.717, 1.165) is 70.6 Å². The SMILES string of the molecule is C1CCOC1.C1CCOC1.CC1=C(/C=C/c2cccc(Br)c2)C(C)(C)CCC1.CC1=C(/C=C/c2cccc(C(O)C(C)(C)C#N)c2)C(C)(C)CCC1.CC1=C(/C=C/c2cccc(C(O)C(C)(C)CN)c2)C(C)(C)CCC1.CC1=C(/C=C/c2cccc(C=O)c2)C(C)(C)CCC1.[2H]CF.[AlH3].[H-].[Li+]. The number of ether oxygens (including phenoxy) is 2. The third-order valence-electron chi connectivity index (χ3n) is 20.2. The van der Waals surface area contributed by atoms with Crippen LogP contribution in [-0.2, 0) is 9.47 Å². The van der Waals surface area contributed by atoms with E-state index in [9.17, 15) is 24.7 Å². The number of halogens is 2. The molecule has 2 saturated heterocycles. The van der Waals surface area contributed by atoms with E-state index in [2.05, 4.69) is 190 Å². The Balaban J connectivity index is 0.000000630. The van der Waals surface area contributed by atoms with E-state index in [4.69, 9.17) is 16.6 Å². The summed E-state index contributed by atoms with van der Waals surface area (Å²) < 4.78 is 26.5. The molecule has 10 rings (SSSR count). The Morgan fingerprint density at radius 1 is 0.535 bits per heavy atom. The van der Waals surface area contributed by atoms with Gasteiger partial charge in [0.25, 0.3) is 0 Å². The first-order valence-electron chi connectivity index (χ1n) is 36.5. The molecule has 4 aliphatic carbocycles. The van der Waals surface area contributed by atoms with Crippen LogP contribution in [0.5, 0.6) is 0 Å². The third-order valence-corrected chi connectivity index (χ3v) is 20.7. The van der Waals surface area contributed by atoms with E-state index >= 15 is 0 Å². The first-order valence-corrected chi connectivity index (χ1v) is 36.6. The number of carbonyl (C=O) groups is 1. The first kappa shape index (κ1) is 88.5. The standard InChI is InChI=1S/C22H33NO.C22H29NO.C18H22O.C17H21Br.2C4H8O.CH3F.Al.Li.4H/c2*1-16-8-7-13-21(2,3)19(16)12-11-17-9-6-10-18(14-17)20(24)22(4,5)15-23;1-14-6-5-11-18(2,3)17(14)10-9-15-7-4-8-16(12-15)13-19;1-13-6-5-11-17(2,3)16(13)10-9-14-7-4-8-15(18)12-14;2*1-2-4-5-3-1;1-2;;;;;;/h6,9-12,14,20,24H,7-8,13,15,23H2,1-5H3;6,9-12,14,20,24H,7-8,13H2,1-5H3;4,7-10,12-13H,5-6,11H2,1-3H3;4,7-10,12H,5-6,11H2,1-3H3;2*1-4H2;1H3;;;;;;/q;;;;;;;;+1;;;;-1/b2*12-11+;2*10-9+;;;;;;;;;/i;;;;;;1D;;;;;;. The number of nitrogens with zero attached hydrogens (tertiary/aromatic N) is 1. The van der Waals surface area contributed by atoms with Gasteiger partial charge in [-0.05, 0) is 252 Å². The van der Waals surface area contributed by atoms with E-state index < -0.39 is 24.8 Å². The van der Waals surface area contributed by atoms with Gasteiger partial charge in [-0.3, -0.25) is 9.18 Å². The second-order valence-electron chi connectivity index (χ2n) is 31.2. The number of hydrogen-bond acceptors (Lipinski definition) is 7. The monoisotopic (exact) mass is 1430 g/mol. The molecule has 2 fully saturated rings. The van der Waals surface area contributed by atoms with Crippen LogP contribution in [-0.4, -0.2) is 74.0 Å². The van der Waals surface area contributed by atoms with Gasteiger partial charge >= 0.3 is 18.9 Å². The van der Waals surface area contributed by atoms with Crippen LogP contribution in [0.2, 0.25) is 0 Å². The Hall–Kier alpha value is -4.70. The van der Waals surface area contributed by atoms with Crippen molar-refractivity contribution in [2.45, 2.75) is 226 Å². The molecule has 0 radical (unpaired) electrons. The second kappa shape index (κ2) is 44.1. The molecule has 2 aliphatic heterocycles. The molecule has 6 aliphatic rings. The van der Waals surface area contributed by atoms with Crippen molar-refractivity contribution in [1.29, 1.82) is 5.26 Å². The minimum Gasteiger partial charge on any atom is -1.00 e. The average Bonchev–Trinajstić information content (AvgIpc) is 1.21. The number of aliphatic hydroxyl groups excluding tert-OH is 2. The Morgan fingerprint density at radius 2 is 0.828 bits per heavy atom. The predicted octanol–water partition coefficient (Wildman–Crippen LogP) is 20.2. The molecule has 538 valence electrons. The van der Waals surface area contributed by atoms with Gasteiger partial charge in [0.1, 0.15) is 6.29 Å². The van der Waals surface area contributed by atoms with E-state index in [-0.39, 0.29) is 59.3 Å². The summed E-state index contributed by atoms with van der Waals surface area (Å²) in [4.78, 5) is 10.8. The van der Waals surface area contributed by atoms with Gasteiger partial charge in [0.15, 0.2) is 17.4 Å². The van der Waals surface area contributed by atoms with Crippen molar-refractivity contribution in [3.8, 4) is 6.07 Å². The molecular formula is C88H128AlBrFLiN2O5. The van der Waals surface area contributed by atoms with E-state index in [0.29, 0.717) is 12.0 Å². The number of hydrogen-bond donors (Lipinski definition) is 3. The molecule has 2 heterocycles. The zero-order valence-corrected chi connectivity index (χ0v) is 65.1. The molecule has 4 N–H and O–H groups in total. The van der Waals surface area contributed by atoms with Gasteiger partial charge in [0.2, 0.25) is 0 Å². The quantitative estimate of drug-likeness (QED) is 0.0848. The zero-order valence-electron chi connectivity index (χ0n) is 65.5. The Kier molecular flexibility index (Phi) is 39.4. The molecule has 99 heavy (non-hydrogen) atoms. The van der Waals surface area contributed by atoms with Crippen LogP contribution in [0.25, 0.3) is 24.3 Å². The number of aliphatic hydroxyl groups is 2. The summed E-state index contributed by atoms with van der Waals surface area (Å²) in [5.74, 6) is 0. The molecule has 2 unspecified atom stereocenters. The smallest absolute Gasteiger partial charge is 1.00 e. The van der Waals surface area contributed by atoms with Crippen molar-refractivity contribution >= 4 is 63.9 Å². The van der Waals surface area contributed by atoms with Crippen LogP contribution in [0.4, 0.5) is 4.39 Å². The Labute approximate surface area is 634 Å². The number of nitriles is 1. The van der Waals surface area contributed by atoms with Gasteiger partial charge in [0, 0.05) is 48.4 Å². The van der Waals surface area contributed by atoms with Gasteiger partial charge in [0.05, 0.1) is 32.2 Å². The maximum absolute atomic E-state index is 10.8. The summed E-state index contributed by atoms with van der Waals surface area (Å²) in [7, 11) is -1.00. The van der Waals surface area contributed by atoms with Crippen LogP contribution >= 0.6 is 15.9 Å². The van der Waals surface area contributed by atoms with Gasteiger partial charge < -0.3 is 26.8 Å². The summed E-state index contributed by atoms with van der Waals surface area (Å²) >= 11 is 3.52. The molecule has 0 spiro atoms. The number of nitrogens with two attached hydrogens (primary N) is 1. The van der Waals surface area contributed by atoms with E-state index in [1.165, 1.54) is 147 Å². The maximum Gasteiger partial charge on any atom is 1.00 e. The minimum atomic E-state index is -1.00. The molecule has 7 nitrogen and oxygen atoms in total. The number of allylic oxidation sites excluding steroid dienone is 12. The normalized spacial score (nSPS) is 19.3. The van der Waals surface area contributed by atoms with Crippen LogP contribution in [0.3, 0.4) is 0 Å². The summed E-state index contributed by atoms with van der Waals surface area (Å²) in [6.07, 6.45) is 37.4. The molecule has 11 heteroatoms. The summed E-state index contributed by atoms with van der Waals surface area (Å²) in [6, 6.07) is 34.4. The van der Waals surface area contributed by atoms with Crippen LogP contribution < -0.4 is 24.6 Å². The van der Waals surface area contributed by atoms with Gasteiger partial charge in [-0.15, -0.1) is 0 Å². The van der Waals surface area contributed by atoms with Crippen molar-refractivity contribution in [2.75, 3.05) is 40.1 Å². The first-order chi connectivity index (χ1) is 46.3. The molecular weight excluding hydrogens is 1300 g/mol. The number of alkyl halides is 1. The largest absolute Gasteiger partial charge is 1.00 e.